The Kier molecular flexibility index (Phi) is 6.68. The van der Waals surface area contributed by atoms with Gasteiger partial charge in [-0.3, -0.25) is 0 Å². The van der Waals surface area contributed by atoms with Crippen LogP contribution in [-0.4, -0.2) is 6.54 Å². The van der Waals surface area contributed by atoms with Gasteiger partial charge in [-0.2, -0.15) is 0 Å². The van der Waals surface area contributed by atoms with E-state index in [1.165, 1.54) is 25.7 Å². The first-order valence-corrected chi connectivity index (χ1v) is 3.41. The lowest BCUT2D eigenvalue weighted by Gasteiger charge is -1.91. The van der Waals surface area contributed by atoms with Crippen molar-refractivity contribution < 1.29 is 0 Å². The van der Waals surface area contributed by atoms with Gasteiger partial charge in [-0.1, -0.05) is 6.42 Å². The van der Waals surface area contributed by atoms with E-state index in [4.69, 9.17) is 5.73 Å². The van der Waals surface area contributed by atoms with E-state index in [0.29, 0.717) is 0 Å². The fourth-order valence-corrected chi connectivity index (χ4v) is 0.675. The molecular formula is C7H16N+. The van der Waals surface area contributed by atoms with E-state index in [-0.39, 0.29) is 0 Å². The van der Waals surface area contributed by atoms with Crippen molar-refractivity contribution in [1.29, 1.82) is 0 Å². The summed E-state index contributed by atoms with van der Waals surface area (Å²) in [4.78, 5) is 0. The smallest absolute Gasteiger partial charge is 0.0850 e. The Morgan fingerprint density at radius 2 is 1.62 bits per heavy atom. The van der Waals surface area contributed by atoms with Crippen LogP contribution >= 0.6 is 0 Å². The number of rotatable bonds is 5. The fourth-order valence-electron chi connectivity index (χ4n) is 0.675. The van der Waals surface area contributed by atoms with Crippen LogP contribution in [0.1, 0.15) is 32.1 Å². The van der Waals surface area contributed by atoms with Gasteiger partial charge in [0.2, 0.25) is 0 Å². The van der Waals surface area contributed by atoms with Gasteiger partial charge in [0.15, 0.2) is 0 Å². The highest BCUT2D eigenvalue weighted by Crippen LogP contribution is 1.99. The Labute approximate surface area is 52.3 Å². The molecule has 1 nitrogen and oxygen atoms in total. The summed E-state index contributed by atoms with van der Waals surface area (Å²) < 4.78 is 0. The van der Waals surface area contributed by atoms with Gasteiger partial charge >= 0.3 is 0 Å². The van der Waals surface area contributed by atoms with E-state index in [1.807, 2.05) is 0 Å². The topological polar surface area (TPSA) is 26.0 Å². The maximum absolute atomic E-state index is 5.30. The second-order valence-corrected chi connectivity index (χ2v) is 2.06. The van der Waals surface area contributed by atoms with E-state index in [2.05, 4.69) is 6.92 Å². The highest BCUT2D eigenvalue weighted by Gasteiger charge is 1.86. The molecule has 0 heterocycles. The fraction of sp³-hybridized carbons (Fsp3) is 0.857. The van der Waals surface area contributed by atoms with Gasteiger partial charge in [0.25, 0.3) is 0 Å². The van der Waals surface area contributed by atoms with E-state index in [1.54, 1.807) is 0 Å². The van der Waals surface area contributed by atoms with Crippen LogP contribution in [0.5, 0.6) is 0 Å². The minimum absolute atomic E-state index is 0.844. The molecule has 8 heavy (non-hydrogen) atoms. The summed E-state index contributed by atoms with van der Waals surface area (Å²) in [6.07, 6.45) is 6.11. The third-order valence-electron chi connectivity index (χ3n) is 1.20. The third-order valence-corrected chi connectivity index (χ3v) is 1.20. The monoisotopic (exact) mass is 114 g/mol. The molecular weight excluding hydrogens is 98.1 g/mol. The molecule has 0 rings (SSSR count). The Morgan fingerprint density at radius 3 is 2.12 bits per heavy atom. The van der Waals surface area contributed by atoms with Gasteiger partial charge in [0.05, 0.1) is 13.3 Å². The molecule has 0 spiro atoms. The zero-order chi connectivity index (χ0) is 6.24. The summed E-state index contributed by atoms with van der Waals surface area (Å²) in [7, 11) is 0. The molecule has 0 atom stereocenters. The maximum atomic E-state index is 5.30. The lowest BCUT2D eigenvalue weighted by Crippen LogP contribution is -1.97. The van der Waals surface area contributed by atoms with Crippen molar-refractivity contribution in [3.05, 3.63) is 6.92 Å². The number of nitrogens with two attached hydrogens (primary N) is 1. The van der Waals surface area contributed by atoms with Crippen LogP contribution < -0.4 is 5.73 Å². The lowest BCUT2D eigenvalue weighted by molar-refractivity contribution is 0.652. The summed E-state index contributed by atoms with van der Waals surface area (Å²) in [5, 5.41) is 0. The average Bonchev–Trinajstić information content (AvgIpc) is 1.81. The molecule has 0 aliphatic carbocycles. The van der Waals surface area contributed by atoms with E-state index in [0.717, 1.165) is 13.0 Å². The number of hydrogen-bond acceptors (Lipinski definition) is 1. The van der Waals surface area contributed by atoms with Crippen molar-refractivity contribution in [1.82, 2.24) is 0 Å². The first-order valence-electron chi connectivity index (χ1n) is 3.41. The molecule has 0 aromatic carbocycles. The van der Waals surface area contributed by atoms with Crippen LogP contribution in [0.3, 0.4) is 0 Å². The predicted molar refractivity (Wildman–Crippen MR) is 37.5 cm³/mol. The molecule has 0 unspecified atom stereocenters. The summed E-state index contributed by atoms with van der Waals surface area (Å²) in [5.74, 6) is 0. The van der Waals surface area contributed by atoms with E-state index in [9.17, 15) is 0 Å². The highest BCUT2D eigenvalue weighted by molar-refractivity contribution is 4.44. The van der Waals surface area contributed by atoms with E-state index < -0.39 is 0 Å². The number of unbranched alkanes of at least 4 members (excludes halogenated alkanes) is 4. The molecule has 0 aliphatic rings. The van der Waals surface area contributed by atoms with Crippen molar-refractivity contribution in [2.45, 2.75) is 32.1 Å². The van der Waals surface area contributed by atoms with Gasteiger partial charge in [-0.15, -0.1) is 0 Å². The van der Waals surface area contributed by atoms with Crippen molar-refractivity contribution in [2.75, 3.05) is 6.54 Å². The van der Waals surface area contributed by atoms with Crippen molar-refractivity contribution in [3.8, 4) is 0 Å². The molecule has 2 N–H and O–H groups in total. The third kappa shape index (κ3) is 5.83. The van der Waals surface area contributed by atoms with Crippen LogP contribution in [0.4, 0.5) is 0 Å². The van der Waals surface area contributed by atoms with Gasteiger partial charge in [0.1, 0.15) is 0 Å². The largest absolute Gasteiger partial charge is 0.330 e. The summed E-state index contributed by atoms with van der Waals surface area (Å²) >= 11 is 0. The normalized spacial score (nSPS) is 9.62. The zero-order valence-corrected chi connectivity index (χ0v) is 5.53. The summed E-state index contributed by atoms with van der Waals surface area (Å²) in [6, 6.07) is 0. The lowest BCUT2D eigenvalue weighted by atomic mass is 10.2. The molecule has 48 valence electrons. The molecule has 0 amide bonds. The zero-order valence-electron chi connectivity index (χ0n) is 5.53. The minimum Gasteiger partial charge on any atom is -0.330 e. The average molecular weight is 114 g/mol. The Bertz CT molecular complexity index is 29.4. The number of hydrogen-bond donors (Lipinski definition) is 1. The van der Waals surface area contributed by atoms with Crippen LogP contribution in [-0.2, 0) is 0 Å². The van der Waals surface area contributed by atoms with E-state index >= 15 is 0 Å². The molecule has 0 fully saturated rings. The van der Waals surface area contributed by atoms with Crippen LogP contribution in [0, 0.1) is 6.92 Å². The molecule has 0 aromatic heterocycles. The Hall–Kier alpha value is -0.170. The van der Waals surface area contributed by atoms with Crippen LogP contribution in [0.15, 0.2) is 0 Å². The molecule has 1 heteroatoms. The summed E-state index contributed by atoms with van der Waals surface area (Å²) in [6.45, 7) is 4.60. The Balaban J connectivity index is 2.53. The SMILES string of the molecule is [CH2+]CCCCCCN. The van der Waals surface area contributed by atoms with Gasteiger partial charge in [-0.05, 0) is 25.8 Å². The standard InChI is InChI=1S/C7H16N/c1-2-3-4-5-6-7-8/h1-8H2/q+1. The summed E-state index contributed by atoms with van der Waals surface area (Å²) in [5.41, 5.74) is 5.30. The van der Waals surface area contributed by atoms with Crippen molar-refractivity contribution in [3.63, 3.8) is 0 Å². The molecule has 0 bridgehead atoms. The predicted octanol–water partition coefficient (Wildman–Crippen LogP) is 1.73. The van der Waals surface area contributed by atoms with Crippen molar-refractivity contribution in [2.24, 2.45) is 5.73 Å². The molecule has 0 aromatic rings. The quantitative estimate of drug-likeness (QED) is 0.427. The van der Waals surface area contributed by atoms with Gasteiger partial charge < -0.3 is 5.73 Å². The maximum Gasteiger partial charge on any atom is 0.0850 e. The molecule has 0 aliphatic heterocycles. The van der Waals surface area contributed by atoms with Crippen LogP contribution in [0.2, 0.25) is 0 Å². The van der Waals surface area contributed by atoms with Crippen molar-refractivity contribution >= 4 is 0 Å². The minimum atomic E-state index is 0.844. The molecule has 0 saturated heterocycles. The Morgan fingerprint density at radius 1 is 1.00 bits per heavy atom. The second kappa shape index (κ2) is 6.83. The first-order chi connectivity index (χ1) is 3.91. The molecule has 0 radical (unpaired) electrons. The van der Waals surface area contributed by atoms with Gasteiger partial charge in [-0.25, -0.2) is 0 Å². The van der Waals surface area contributed by atoms with Crippen LogP contribution in [0.25, 0.3) is 0 Å². The van der Waals surface area contributed by atoms with Gasteiger partial charge in [0, 0.05) is 0 Å². The second-order valence-electron chi connectivity index (χ2n) is 2.06. The molecule has 0 saturated carbocycles. The highest BCUT2D eigenvalue weighted by atomic mass is 14.5. The first kappa shape index (κ1) is 7.83.